The van der Waals surface area contributed by atoms with E-state index in [0.717, 1.165) is 34.0 Å². The van der Waals surface area contributed by atoms with Gasteiger partial charge in [-0.15, -0.1) is 0 Å². The molecule has 0 atom stereocenters. The van der Waals surface area contributed by atoms with Crippen LogP contribution >= 0.6 is 0 Å². The van der Waals surface area contributed by atoms with E-state index in [4.69, 9.17) is 0 Å². The van der Waals surface area contributed by atoms with Gasteiger partial charge >= 0.3 is 0 Å². The third kappa shape index (κ3) is 4.39. The molecule has 2 heterocycles. The molecule has 0 bridgehead atoms. The zero-order valence-electron chi connectivity index (χ0n) is 15.8. The number of anilines is 1. The second-order valence-corrected chi connectivity index (χ2v) is 6.73. The lowest BCUT2D eigenvalue weighted by Crippen LogP contribution is -2.16. The van der Waals surface area contributed by atoms with Gasteiger partial charge in [-0.1, -0.05) is 12.1 Å². The lowest BCUT2D eigenvalue weighted by molar-refractivity contribution is -0.116. The van der Waals surface area contributed by atoms with Crippen molar-refractivity contribution in [2.45, 2.75) is 47.2 Å². The van der Waals surface area contributed by atoms with Crippen molar-refractivity contribution in [3.63, 3.8) is 0 Å². The van der Waals surface area contributed by atoms with Crippen molar-refractivity contribution in [3.05, 3.63) is 64.7 Å². The first kappa shape index (κ1) is 17.9. The summed E-state index contributed by atoms with van der Waals surface area (Å²) in [5.74, 6) is -0.0131. The number of aromatic nitrogens is 4. The Balaban J connectivity index is 1.60. The number of hydrogen-bond donors (Lipinski definition) is 1. The van der Waals surface area contributed by atoms with E-state index in [9.17, 15) is 4.79 Å². The predicted molar refractivity (Wildman–Crippen MR) is 102 cm³/mol. The molecule has 0 unspecified atom stereocenters. The van der Waals surface area contributed by atoms with Gasteiger partial charge in [-0.3, -0.25) is 14.2 Å². The minimum Gasteiger partial charge on any atom is -0.326 e. The summed E-state index contributed by atoms with van der Waals surface area (Å²) in [6.07, 6.45) is 0.393. The van der Waals surface area contributed by atoms with Gasteiger partial charge in [0.1, 0.15) is 0 Å². The maximum Gasteiger partial charge on any atom is 0.226 e. The summed E-state index contributed by atoms with van der Waals surface area (Å²) < 4.78 is 3.84. The van der Waals surface area contributed by atoms with Gasteiger partial charge in [0.25, 0.3) is 0 Å². The fourth-order valence-corrected chi connectivity index (χ4v) is 3.09. The zero-order valence-corrected chi connectivity index (χ0v) is 15.8. The lowest BCUT2D eigenvalue weighted by atomic mass is 10.2. The van der Waals surface area contributed by atoms with Crippen LogP contribution in [0.3, 0.4) is 0 Å². The van der Waals surface area contributed by atoms with E-state index in [1.807, 2.05) is 67.4 Å². The Labute approximate surface area is 153 Å². The standard InChI is InChI=1S/C20H25N5O/c1-14-10-16(3)24(22-14)9-8-20(26)21-19-7-5-6-18(12-19)13-25-17(4)11-15(2)23-25/h5-7,10-12H,8-9,13H2,1-4H3,(H,21,26). The molecule has 2 aromatic heterocycles. The van der Waals surface area contributed by atoms with Gasteiger partial charge in [0, 0.05) is 30.0 Å². The molecule has 0 radical (unpaired) electrons. The molecule has 1 aromatic carbocycles. The summed E-state index contributed by atoms with van der Waals surface area (Å²) in [6.45, 7) is 9.26. The average molecular weight is 351 g/mol. The summed E-state index contributed by atoms with van der Waals surface area (Å²) in [4.78, 5) is 12.3. The summed E-state index contributed by atoms with van der Waals surface area (Å²) >= 11 is 0. The fourth-order valence-electron chi connectivity index (χ4n) is 3.09. The first-order valence-electron chi connectivity index (χ1n) is 8.81. The van der Waals surface area contributed by atoms with Crippen LogP contribution in [-0.4, -0.2) is 25.5 Å². The van der Waals surface area contributed by atoms with E-state index < -0.39 is 0 Å². The molecule has 0 aliphatic heterocycles. The third-order valence-corrected chi connectivity index (χ3v) is 4.30. The van der Waals surface area contributed by atoms with Crippen molar-refractivity contribution in [1.29, 1.82) is 0 Å². The molecule has 0 spiro atoms. The van der Waals surface area contributed by atoms with Gasteiger partial charge in [0.15, 0.2) is 0 Å². The highest BCUT2D eigenvalue weighted by Crippen LogP contribution is 2.14. The van der Waals surface area contributed by atoms with E-state index in [2.05, 4.69) is 21.6 Å². The van der Waals surface area contributed by atoms with E-state index in [1.54, 1.807) is 0 Å². The van der Waals surface area contributed by atoms with E-state index >= 15 is 0 Å². The van der Waals surface area contributed by atoms with E-state index in [0.29, 0.717) is 19.5 Å². The lowest BCUT2D eigenvalue weighted by Gasteiger charge is -2.09. The molecule has 3 rings (SSSR count). The smallest absolute Gasteiger partial charge is 0.226 e. The Bertz CT molecular complexity index is 922. The van der Waals surface area contributed by atoms with Crippen LogP contribution in [0.4, 0.5) is 5.69 Å². The zero-order chi connectivity index (χ0) is 18.7. The Morgan fingerprint density at radius 3 is 2.23 bits per heavy atom. The van der Waals surface area contributed by atoms with Gasteiger partial charge < -0.3 is 5.32 Å². The molecule has 0 fully saturated rings. The number of carbonyl (C=O) groups excluding carboxylic acids is 1. The van der Waals surface area contributed by atoms with E-state index in [1.165, 1.54) is 0 Å². The minimum atomic E-state index is -0.0131. The maximum absolute atomic E-state index is 12.3. The number of benzene rings is 1. The summed E-state index contributed by atoms with van der Waals surface area (Å²) in [7, 11) is 0. The summed E-state index contributed by atoms with van der Waals surface area (Å²) in [6, 6.07) is 12.0. The van der Waals surface area contributed by atoms with Gasteiger partial charge in [-0.25, -0.2) is 0 Å². The number of nitrogens with one attached hydrogen (secondary N) is 1. The molecule has 6 nitrogen and oxygen atoms in total. The fraction of sp³-hybridized carbons (Fsp3) is 0.350. The first-order chi connectivity index (χ1) is 12.4. The van der Waals surface area contributed by atoms with Gasteiger partial charge in [0.05, 0.1) is 17.9 Å². The highest BCUT2D eigenvalue weighted by atomic mass is 16.1. The molecule has 1 N–H and O–H groups in total. The van der Waals surface area contributed by atoms with Crippen LogP contribution in [-0.2, 0) is 17.9 Å². The Hall–Kier alpha value is -2.89. The normalized spacial score (nSPS) is 10.9. The number of aryl methyl sites for hydroxylation is 5. The van der Waals surface area contributed by atoms with Crippen LogP contribution in [0.2, 0.25) is 0 Å². The van der Waals surface area contributed by atoms with Crippen molar-refractivity contribution in [2.24, 2.45) is 0 Å². The molecule has 3 aromatic rings. The van der Waals surface area contributed by atoms with Crippen LogP contribution < -0.4 is 5.32 Å². The number of carbonyl (C=O) groups is 1. The van der Waals surface area contributed by atoms with Crippen LogP contribution in [0, 0.1) is 27.7 Å². The topological polar surface area (TPSA) is 64.7 Å². The molecule has 0 saturated heterocycles. The second-order valence-electron chi connectivity index (χ2n) is 6.73. The van der Waals surface area contributed by atoms with Crippen molar-refractivity contribution >= 4 is 11.6 Å². The summed E-state index contributed by atoms with van der Waals surface area (Å²) in [5.41, 5.74) is 6.09. The number of nitrogens with zero attached hydrogens (tertiary/aromatic N) is 4. The highest BCUT2D eigenvalue weighted by molar-refractivity contribution is 5.90. The molecule has 0 aliphatic rings. The molecular formula is C20H25N5O. The van der Waals surface area contributed by atoms with Gasteiger partial charge in [0.2, 0.25) is 5.91 Å². The van der Waals surface area contributed by atoms with Crippen LogP contribution in [0.15, 0.2) is 36.4 Å². The number of hydrogen-bond acceptors (Lipinski definition) is 3. The Morgan fingerprint density at radius 2 is 1.62 bits per heavy atom. The number of amides is 1. The first-order valence-corrected chi connectivity index (χ1v) is 8.81. The summed E-state index contributed by atoms with van der Waals surface area (Å²) in [5, 5.41) is 11.9. The quantitative estimate of drug-likeness (QED) is 0.740. The second kappa shape index (κ2) is 7.56. The molecule has 6 heteroatoms. The Morgan fingerprint density at radius 1 is 0.962 bits per heavy atom. The number of rotatable bonds is 6. The minimum absolute atomic E-state index is 0.0131. The third-order valence-electron chi connectivity index (χ3n) is 4.30. The predicted octanol–water partition coefficient (Wildman–Crippen LogP) is 3.39. The monoisotopic (exact) mass is 351 g/mol. The average Bonchev–Trinajstić information content (AvgIpc) is 3.06. The van der Waals surface area contributed by atoms with Crippen LogP contribution in [0.25, 0.3) is 0 Å². The van der Waals surface area contributed by atoms with Gasteiger partial charge in [-0.05, 0) is 57.5 Å². The highest BCUT2D eigenvalue weighted by Gasteiger charge is 2.07. The van der Waals surface area contributed by atoms with Crippen molar-refractivity contribution in [2.75, 3.05) is 5.32 Å². The van der Waals surface area contributed by atoms with Gasteiger partial charge in [-0.2, -0.15) is 10.2 Å². The molecule has 0 aliphatic carbocycles. The van der Waals surface area contributed by atoms with Crippen molar-refractivity contribution in [1.82, 2.24) is 19.6 Å². The van der Waals surface area contributed by atoms with Crippen LogP contribution in [0.1, 0.15) is 34.8 Å². The SMILES string of the molecule is Cc1cc(C)n(CCC(=O)Nc2cccc(Cn3nc(C)cc3C)c2)n1. The largest absolute Gasteiger partial charge is 0.326 e. The molecule has 26 heavy (non-hydrogen) atoms. The molecule has 1 amide bonds. The van der Waals surface area contributed by atoms with E-state index in [-0.39, 0.29) is 5.91 Å². The van der Waals surface area contributed by atoms with Crippen molar-refractivity contribution < 1.29 is 4.79 Å². The van der Waals surface area contributed by atoms with Crippen molar-refractivity contribution in [3.8, 4) is 0 Å². The van der Waals surface area contributed by atoms with Crippen LogP contribution in [0.5, 0.6) is 0 Å². The maximum atomic E-state index is 12.3. The molecular weight excluding hydrogens is 326 g/mol. The molecule has 0 saturated carbocycles. The Kier molecular flexibility index (Phi) is 5.21. The molecule has 136 valence electrons.